The van der Waals surface area contributed by atoms with Crippen molar-refractivity contribution in [1.82, 2.24) is 14.7 Å². The van der Waals surface area contributed by atoms with E-state index in [1.807, 2.05) is 0 Å². The molecule has 0 spiro atoms. The first-order valence-electron chi connectivity index (χ1n) is 6.69. The predicted molar refractivity (Wildman–Crippen MR) is 66.8 cm³/mol. The van der Waals surface area contributed by atoms with Gasteiger partial charge in [0.05, 0.1) is 5.92 Å². The zero-order valence-electron chi connectivity index (χ0n) is 11.3. The summed E-state index contributed by atoms with van der Waals surface area (Å²) in [4.78, 5) is 13.3. The highest BCUT2D eigenvalue weighted by atomic mass is 19.4. The monoisotopic (exact) mass is 289 g/mol. The van der Waals surface area contributed by atoms with Gasteiger partial charge in [-0.15, -0.1) is 0 Å². The smallest absolute Gasteiger partial charge is 0.341 e. The first kappa shape index (κ1) is 14.9. The van der Waals surface area contributed by atoms with Gasteiger partial charge in [0.15, 0.2) is 0 Å². The van der Waals surface area contributed by atoms with Gasteiger partial charge in [0.25, 0.3) is 0 Å². The molecule has 4 nitrogen and oxygen atoms in total. The Bertz CT molecular complexity index is 444. The first-order valence-corrected chi connectivity index (χ1v) is 6.69. The Labute approximate surface area is 115 Å². The SMILES string of the molecule is CN(C(=O)Cn1cccn1)[C@H]1CCCC[C@H]1C(F)(F)F. The van der Waals surface area contributed by atoms with Crippen LogP contribution < -0.4 is 0 Å². The molecule has 2 atom stereocenters. The molecule has 0 radical (unpaired) electrons. The van der Waals surface area contributed by atoms with E-state index in [9.17, 15) is 18.0 Å². The Balaban J connectivity index is 2.05. The quantitative estimate of drug-likeness (QED) is 0.857. The van der Waals surface area contributed by atoms with Crippen LogP contribution in [0.15, 0.2) is 18.5 Å². The lowest BCUT2D eigenvalue weighted by atomic mass is 9.83. The average Bonchev–Trinajstić information content (AvgIpc) is 2.89. The van der Waals surface area contributed by atoms with E-state index < -0.39 is 18.1 Å². The van der Waals surface area contributed by atoms with Crippen molar-refractivity contribution in [3.63, 3.8) is 0 Å². The van der Waals surface area contributed by atoms with Crippen LogP contribution in [0.4, 0.5) is 13.2 Å². The van der Waals surface area contributed by atoms with E-state index in [4.69, 9.17) is 0 Å². The van der Waals surface area contributed by atoms with Gasteiger partial charge in [-0.3, -0.25) is 9.48 Å². The van der Waals surface area contributed by atoms with Crippen LogP contribution in [0.5, 0.6) is 0 Å². The molecule has 1 aliphatic rings. The fourth-order valence-electron chi connectivity index (χ4n) is 2.79. The number of carbonyl (C=O) groups is 1. The minimum Gasteiger partial charge on any atom is -0.341 e. The van der Waals surface area contributed by atoms with Crippen molar-refractivity contribution < 1.29 is 18.0 Å². The molecular weight excluding hydrogens is 271 g/mol. The number of amides is 1. The van der Waals surface area contributed by atoms with E-state index in [0.717, 1.165) is 6.42 Å². The fraction of sp³-hybridized carbons (Fsp3) is 0.692. The summed E-state index contributed by atoms with van der Waals surface area (Å²) in [5.74, 6) is -1.75. The number of hydrogen-bond donors (Lipinski definition) is 0. The molecule has 0 unspecified atom stereocenters. The summed E-state index contributed by atoms with van der Waals surface area (Å²) in [7, 11) is 1.46. The first-order chi connectivity index (χ1) is 9.39. The molecule has 1 saturated carbocycles. The maximum Gasteiger partial charge on any atom is 0.393 e. The zero-order valence-corrected chi connectivity index (χ0v) is 11.3. The molecule has 1 heterocycles. The Morgan fingerprint density at radius 2 is 2.10 bits per heavy atom. The zero-order chi connectivity index (χ0) is 14.8. The molecule has 0 aromatic carbocycles. The molecule has 0 saturated heterocycles. The number of halogens is 3. The van der Waals surface area contributed by atoms with Crippen molar-refractivity contribution >= 4 is 5.91 Å². The van der Waals surface area contributed by atoms with Gasteiger partial charge in [-0.1, -0.05) is 12.8 Å². The summed E-state index contributed by atoms with van der Waals surface area (Å²) >= 11 is 0. The van der Waals surface area contributed by atoms with Crippen LogP contribution in [-0.4, -0.2) is 39.9 Å². The Hall–Kier alpha value is -1.53. The number of nitrogens with zero attached hydrogens (tertiary/aromatic N) is 3. The van der Waals surface area contributed by atoms with Crippen molar-refractivity contribution in [2.45, 2.75) is 44.4 Å². The Kier molecular flexibility index (Phi) is 4.35. The summed E-state index contributed by atoms with van der Waals surface area (Å²) < 4.78 is 40.5. The Morgan fingerprint density at radius 1 is 1.40 bits per heavy atom. The highest BCUT2D eigenvalue weighted by Gasteiger charge is 2.47. The van der Waals surface area contributed by atoms with Gasteiger partial charge in [-0.2, -0.15) is 18.3 Å². The number of carbonyl (C=O) groups excluding carboxylic acids is 1. The second-order valence-electron chi connectivity index (χ2n) is 5.21. The van der Waals surface area contributed by atoms with Gasteiger partial charge < -0.3 is 4.90 Å². The van der Waals surface area contributed by atoms with Crippen LogP contribution in [0.25, 0.3) is 0 Å². The molecule has 2 rings (SSSR count). The summed E-state index contributed by atoms with van der Waals surface area (Å²) in [6.07, 6.45) is 0.725. The van der Waals surface area contributed by atoms with Crippen molar-refractivity contribution in [3.05, 3.63) is 18.5 Å². The minimum absolute atomic E-state index is 0.0232. The third-order valence-electron chi connectivity index (χ3n) is 3.90. The van der Waals surface area contributed by atoms with Gasteiger partial charge in [0.1, 0.15) is 6.54 Å². The number of likely N-dealkylation sites (N-methyl/N-ethyl adjacent to an activating group) is 1. The molecule has 1 fully saturated rings. The topological polar surface area (TPSA) is 38.1 Å². The van der Waals surface area contributed by atoms with E-state index in [1.165, 1.54) is 22.8 Å². The van der Waals surface area contributed by atoms with Crippen molar-refractivity contribution in [1.29, 1.82) is 0 Å². The summed E-state index contributed by atoms with van der Waals surface area (Å²) in [5, 5.41) is 3.90. The molecule has 0 N–H and O–H groups in total. The van der Waals surface area contributed by atoms with Crippen molar-refractivity contribution in [2.75, 3.05) is 7.05 Å². The second kappa shape index (κ2) is 5.85. The number of hydrogen-bond acceptors (Lipinski definition) is 2. The minimum atomic E-state index is -4.24. The highest BCUT2D eigenvalue weighted by Crippen LogP contribution is 2.39. The molecule has 1 aromatic heterocycles. The molecule has 0 bridgehead atoms. The standard InChI is InChI=1S/C13H18F3N3O/c1-18(12(20)9-19-8-4-7-17-19)11-6-3-2-5-10(11)13(14,15)16/h4,7-8,10-11H,2-3,5-6,9H2,1H3/t10-,11+/m1/s1. The maximum atomic E-state index is 13.0. The van der Waals surface area contributed by atoms with Crippen LogP contribution in [0.2, 0.25) is 0 Å². The van der Waals surface area contributed by atoms with Crippen molar-refractivity contribution in [3.8, 4) is 0 Å². The maximum absolute atomic E-state index is 13.0. The average molecular weight is 289 g/mol. The van der Waals surface area contributed by atoms with Gasteiger partial charge in [0.2, 0.25) is 5.91 Å². The van der Waals surface area contributed by atoms with Gasteiger partial charge in [-0.05, 0) is 18.9 Å². The molecule has 7 heteroatoms. The van der Waals surface area contributed by atoms with Crippen LogP contribution in [0, 0.1) is 5.92 Å². The van der Waals surface area contributed by atoms with E-state index >= 15 is 0 Å². The number of alkyl halides is 3. The van der Waals surface area contributed by atoms with E-state index in [-0.39, 0.29) is 18.9 Å². The highest BCUT2D eigenvalue weighted by molar-refractivity contribution is 5.76. The third-order valence-corrected chi connectivity index (χ3v) is 3.90. The van der Waals surface area contributed by atoms with Gasteiger partial charge in [0, 0.05) is 25.5 Å². The van der Waals surface area contributed by atoms with Crippen LogP contribution in [0.3, 0.4) is 0 Å². The van der Waals surface area contributed by atoms with Gasteiger partial charge >= 0.3 is 6.18 Å². The fourth-order valence-corrected chi connectivity index (χ4v) is 2.79. The molecule has 1 aliphatic carbocycles. The molecule has 112 valence electrons. The van der Waals surface area contributed by atoms with Crippen molar-refractivity contribution in [2.24, 2.45) is 5.92 Å². The van der Waals surface area contributed by atoms with E-state index in [2.05, 4.69) is 5.10 Å². The third kappa shape index (κ3) is 3.32. The van der Waals surface area contributed by atoms with E-state index in [1.54, 1.807) is 12.3 Å². The summed E-state index contributed by atoms with van der Waals surface area (Å²) in [6.45, 7) is -0.0232. The van der Waals surface area contributed by atoms with Crippen LogP contribution >= 0.6 is 0 Å². The second-order valence-corrected chi connectivity index (χ2v) is 5.21. The summed E-state index contributed by atoms with van der Waals surface area (Å²) in [5.41, 5.74) is 0. The summed E-state index contributed by atoms with van der Waals surface area (Å²) in [6, 6.07) is 0.915. The van der Waals surface area contributed by atoms with Crippen LogP contribution in [-0.2, 0) is 11.3 Å². The lowest BCUT2D eigenvalue weighted by Crippen LogP contribution is -2.49. The molecule has 20 heavy (non-hydrogen) atoms. The van der Waals surface area contributed by atoms with Gasteiger partial charge in [-0.25, -0.2) is 0 Å². The normalized spacial score (nSPS) is 23.6. The lowest BCUT2D eigenvalue weighted by Gasteiger charge is -2.38. The predicted octanol–water partition coefficient (Wildman–Crippen LogP) is 2.46. The Morgan fingerprint density at radius 3 is 2.70 bits per heavy atom. The lowest BCUT2D eigenvalue weighted by molar-refractivity contribution is -0.198. The van der Waals surface area contributed by atoms with Crippen LogP contribution in [0.1, 0.15) is 25.7 Å². The number of aromatic nitrogens is 2. The van der Waals surface area contributed by atoms with E-state index in [0.29, 0.717) is 12.8 Å². The molecular formula is C13H18F3N3O. The molecule has 1 amide bonds. The molecule has 0 aliphatic heterocycles. The number of rotatable bonds is 3. The largest absolute Gasteiger partial charge is 0.393 e. The molecule has 1 aromatic rings.